The number of nitrogens with two attached hydrogens (primary N) is 1. The molecule has 0 aliphatic rings. The van der Waals surface area contributed by atoms with E-state index in [-0.39, 0.29) is 30.5 Å². The molecule has 0 aliphatic heterocycles. The molecule has 0 radical (unpaired) electrons. The minimum atomic E-state index is -4.77. The third kappa shape index (κ3) is 6.45. The number of nitrogens with zero attached hydrogens (tertiary/aromatic N) is 2. The Labute approximate surface area is 149 Å². The Morgan fingerprint density at radius 3 is 2.64 bits per heavy atom. The Balaban J connectivity index is 0.00000312. The minimum Gasteiger partial charge on any atom is -0.490 e. The highest BCUT2D eigenvalue weighted by atomic mass is 35.5. The van der Waals surface area contributed by atoms with Crippen LogP contribution in [0.1, 0.15) is 0 Å². The normalized spacial score (nSPS) is 11.1. The molecule has 140 valence electrons. The maximum absolute atomic E-state index is 12.4. The van der Waals surface area contributed by atoms with Gasteiger partial charge in [0.15, 0.2) is 0 Å². The number of hydrogen-bond donors (Lipinski definition) is 1. The van der Waals surface area contributed by atoms with Gasteiger partial charge in [0.05, 0.1) is 19.3 Å². The lowest BCUT2D eigenvalue weighted by molar-refractivity contribution is -0.274. The van der Waals surface area contributed by atoms with E-state index >= 15 is 0 Å². The number of halogens is 4. The van der Waals surface area contributed by atoms with Crippen molar-refractivity contribution in [2.75, 3.05) is 26.9 Å². The molecule has 0 bridgehead atoms. The topological polar surface area (TPSA) is 71.5 Å². The number of methoxy groups -OCH3 is 1. The van der Waals surface area contributed by atoms with Gasteiger partial charge in [0.25, 0.3) is 0 Å². The van der Waals surface area contributed by atoms with Crippen molar-refractivity contribution in [3.05, 3.63) is 30.6 Å². The summed E-state index contributed by atoms with van der Waals surface area (Å²) in [4.78, 5) is 0. The molecule has 25 heavy (non-hydrogen) atoms. The summed E-state index contributed by atoms with van der Waals surface area (Å²) < 4.78 is 53.1. The Bertz CT molecular complexity index is 665. The van der Waals surface area contributed by atoms with Crippen molar-refractivity contribution in [1.29, 1.82) is 0 Å². The van der Waals surface area contributed by atoms with Gasteiger partial charge in [0.1, 0.15) is 18.1 Å². The van der Waals surface area contributed by atoms with Gasteiger partial charge in [-0.15, -0.1) is 25.6 Å². The molecule has 2 N–H and O–H groups in total. The first-order chi connectivity index (χ1) is 11.4. The molecule has 0 saturated carbocycles. The van der Waals surface area contributed by atoms with Gasteiger partial charge in [-0.3, -0.25) is 4.68 Å². The first kappa shape index (κ1) is 21.1. The van der Waals surface area contributed by atoms with Crippen LogP contribution in [0.25, 0.3) is 11.1 Å². The molecule has 2 rings (SSSR count). The monoisotopic (exact) mass is 381 g/mol. The van der Waals surface area contributed by atoms with Crippen LogP contribution < -0.4 is 15.2 Å². The molecular weight excluding hydrogens is 363 g/mol. The van der Waals surface area contributed by atoms with Gasteiger partial charge in [0.2, 0.25) is 0 Å². The Morgan fingerprint density at radius 1 is 1.24 bits per heavy atom. The van der Waals surface area contributed by atoms with Crippen LogP contribution in [-0.2, 0) is 11.3 Å². The number of alkyl halides is 3. The van der Waals surface area contributed by atoms with Crippen molar-refractivity contribution in [1.82, 2.24) is 9.78 Å². The summed E-state index contributed by atoms with van der Waals surface area (Å²) in [5.74, 6) is -0.103. The SMILES string of the molecule is COCCOc1cc(OC(F)(F)F)ccc1-c1cnn(CCN)c1.Cl. The molecule has 0 fully saturated rings. The molecule has 1 aromatic carbocycles. The standard InChI is InChI=1S/C15H18F3N3O3.ClH/c1-22-6-7-23-14-8-12(24-15(16,17)18)2-3-13(14)11-9-20-21(10-11)5-4-19;/h2-3,8-10H,4-7,19H2,1H3;1H. The molecule has 1 heterocycles. The molecule has 10 heteroatoms. The fourth-order valence-electron chi connectivity index (χ4n) is 2.05. The van der Waals surface area contributed by atoms with Crippen LogP contribution in [0, 0.1) is 0 Å². The predicted molar refractivity (Wildman–Crippen MR) is 88.0 cm³/mol. The van der Waals surface area contributed by atoms with E-state index in [1.807, 2.05) is 0 Å². The van der Waals surface area contributed by atoms with Crippen molar-refractivity contribution in [2.24, 2.45) is 5.73 Å². The molecule has 0 spiro atoms. The zero-order chi connectivity index (χ0) is 17.6. The number of benzene rings is 1. The van der Waals surface area contributed by atoms with Gasteiger partial charge >= 0.3 is 6.36 Å². The average molecular weight is 382 g/mol. The fourth-order valence-corrected chi connectivity index (χ4v) is 2.05. The van der Waals surface area contributed by atoms with Gasteiger partial charge in [-0.05, 0) is 12.1 Å². The van der Waals surface area contributed by atoms with E-state index < -0.39 is 6.36 Å². The predicted octanol–water partition coefficient (Wildman–Crippen LogP) is 2.85. The zero-order valence-electron chi connectivity index (χ0n) is 13.5. The number of rotatable bonds is 8. The first-order valence-electron chi connectivity index (χ1n) is 7.17. The quantitative estimate of drug-likeness (QED) is 0.712. The highest BCUT2D eigenvalue weighted by Gasteiger charge is 2.31. The Hall–Kier alpha value is -1.97. The maximum Gasteiger partial charge on any atom is 0.573 e. The zero-order valence-corrected chi connectivity index (χ0v) is 14.3. The maximum atomic E-state index is 12.4. The van der Waals surface area contributed by atoms with E-state index in [0.29, 0.717) is 30.8 Å². The van der Waals surface area contributed by atoms with Crippen molar-refractivity contribution in [2.45, 2.75) is 12.9 Å². The molecule has 2 aromatic rings. The lowest BCUT2D eigenvalue weighted by Crippen LogP contribution is -2.17. The van der Waals surface area contributed by atoms with Gasteiger partial charge in [-0.2, -0.15) is 5.10 Å². The highest BCUT2D eigenvalue weighted by molar-refractivity contribution is 5.85. The Morgan fingerprint density at radius 2 is 2.00 bits per heavy atom. The summed E-state index contributed by atoms with van der Waals surface area (Å²) in [7, 11) is 1.50. The lowest BCUT2D eigenvalue weighted by atomic mass is 10.1. The van der Waals surface area contributed by atoms with Crippen molar-refractivity contribution in [3.8, 4) is 22.6 Å². The number of hydrogen-bond acceptors (Lipinski definition) is 5. The van der Waals surface area contributed by atoms with Crippen LogP contribution in [0.5, 0.6) is 11.5 Å². The second-order valence-electron chi connectivity index (χ2n) is 4.83. The summed E-state index contributed by atoms with van der Waals surface area (Å²) in [6.07, 6.45) is -1.43. The molecule has 6 nitrogen and oxygen atoms in total. The Kier molecular flexibility index (Phi) is 8.01. The third-order valence-corrected chi connectivity index (χ3v) is 3.03. The van der Waals surface area contributed by atoms with E-state index in [1.54, 1.807) is 17.1 Å². The van der Waals surface area contributed by atoms with Gasteiger partial charge in [-0.1, -0.05) is 0 Å². The van der Waals surface area contributed by atoms with Crippen molar-refractivity contribution >= 4 is 12.4 Å². The van der Waals surface area contributed by atoms with Gasteiger partial charge < -0.3 is 19.9 Å². The molecule has 0 amide bonds. The van der Waals surface area contributed by atoms with Gasteiger partial charge in [0, 0.05) is 37.0 Å². The second-order valence-corrected chi connectivity index (χ2v) is 4.83. The molecule has 0 saturated heterocycles. The van der Waals surface area contributed by atoms with Crippen LogP contribution in [0.15, 0.2) is 30.6 Å². The molecule has 0 unspecified atom stereocenters. The smallest absolute Gasteiger partial charge is 0.490 e. The summed E-state index contributed by atoms with van der Waals surface area (Å²) in [6, 6.07) is 3.91. The molecule has 0 atom stereocenters. The van der Waals surface area contributed by atoms with E-state index in [1.165, 1.54) is 25.3 Å². The summed E-state index contributed by atoms with van der Waals surface area (Å²) in [6.45, 7) is 1.46. The average Bonchev–Trinajstić information content (AvgIpc) is 2.95. The van der Waals surface area contributed by atoms with Gasteiger partial charge in [-0.25, -0.2) is 0 Å². The van der Waals surface area contributed by atoms with E-state index in [0.717, 1.165) is 0 Å². The number of ether oxygens (including phenoxy) is 3. The molecule has 1 aromatic heterocycles. The van der Waals surface area contributed by atoms with Crippen LogP contribution in [0.2, 0.25) is 0 Å². The summed E-state index contributed by atoms with van der Waals surface area (Å²) in [5, 5.41) is 4.15. The van der Waals surface area contributed by atoms with Crippen LogP contribution >= 0.6 is 12.4 Å². The molecular formula is C15H19ClF3N3O3. The van der Waals surface area contributed by atoms with E-state index in [2.05, 4.69) is 9.84 Å². The highest BCUT2D eigenvalue weighted by Crippen LogP contribution is 2.35. The number of aromatic nitrogens is 2. The van der Waals surface area contributed by atoms with Crippen LogP contribution in [0.4, 0.5) is 13.2 Å². The largest absolute Gasteiger partial charge is 0.573 e. The summed E-state index contributed by atoms with van der Waals surface area (Å²) in [5.41, 5.74) is 6.78. The van der Waals surface area contributed by atoms with Crippen molar-refractivity contribution < 1.29 is 27.4 Å². The van der Waals surface area contributed by atoms with Crippen molar-refractivity contribution in [3.63, 3.8) is 0 Å². The lowest BCUT2D eigenvalue weighted by Gasteiger charge is -2.14. The third-order valence-electron chi connectivity index (χ3n) is 3.03. The van der Waals surface area contributed by atoms with Crippen LogP contribution in [0.3, 0.4) is 0 Å². The fraction of sp³-hybridized carbons (Fsp3) is 0.400. The summed E-state index contributed by atoms with van der Waals surface area (Å²) >= 11 is 0. The molecule has 0 aliphatic carbocycles. The van der Waals surface area contributed by atoms with E-state index in [4.69, 9.17) is 15.2 Å². The second kappa shape index (κ2) is 9.50. The minimum absolute atomic E-state index is 0. The van der Waals surface area contributed by atoms with E-state index in [9.17, 15) is 13.2 Å². The first-order valence-corrected chi connectivity index (χ1v) is 7.17. The van der Waals surface area contributed by atoms with Crippen LogP contribution in [-0.4, -0.2) is 43.0 Å².